The van der Waals surface area contributed by atoms with Crippen LogP contribution in [-0.2, 0) is 43.9 Å². The van der Waals surface area contributed by atoms with Crippen LogP contribution >= 0.6 is 14.5 Å². The molecule has 2 bridgehead atoms. The fourth-order valence-electron chi connectivity index (χ4n) is 5.00. The van der Waals surface area contributed by atoms with E-state index < -0.39 is 75.9 Å². The number of aromatic amines is 1. The first-order valence-corrected chi connectivity index (χ1v) is 16.8. The van der Waals surface area contributed by atoms with E-state index in [1.807, 2.05) is 0 Å². The van der Waals surface area contributed by atoms with Crippen LogP contribution in [0.25, 0.3) is 22.3 Å². The first-order valence-electron chi connectivity index (χ1n) is 12.7. The Morgan fingerprint density at radius 1 is 1.02 bits per heavy atom. The van der Waals surface area contributed by atoms with E-state index in [0.29, 0.717) is 0 Å². The van der Waals surface area contributed by atoms with Gasteiger partial charge >= 0.3 is 14.5 Å². The van der Waals surface area contributed by atoms with Gasteiger partial charge < -0.3 is 45.5 Å². The molecule has 4 aromatic rings. The van der Waals surface area contributed by atoms with Crippen LogP contribution in [0.15, 0.2) is 35.3 Å². The van der Waals surface area contributed by atoms with Gasteiger partial charge in [0.15, 0.2) is 46.5 Å². The van der Waals surface area contributed by atoms with E-state index in [4.69, 9.17) is 50.8 Å². The predicted molar refractivity (Wildman–Crippen MR) is 150 cm³/mol. The number of imidazole rings is 2. The van der Waals surface area contributed by atoms with Crippen molar-refractivity contribution in [2.75, 3.05) is 24.7 Å². The molecule has 0 saturated carbocycles. The third-order valence-corrected chi connectivity index (χ3v) is 9.41. The van der Waals surface area contributed by atoms with Crippen molar-refractivity contribution in [3.05, 3.63) is 40.9 Å². The number of nitrogens with zero attached hydrogens (tertiary/aromatic N) is 7. The molecule has 3 aliphatic heterocycles. The van der Waals surface area contributed by atoms with Crippen LogP contribution in [0.2, 0.25) is 0 Å². The van der Waals surface area contributed by atoms with Gasteiger partial charge in [-0.25, -0.2) is 24.5 Å². The van der Waals surface area contributed by atoms with Gasteiger partial charge in [0, 0.05) is 11.8 Å². The van der Waals surface area contributed by atoms with E-state index in [1.54, 1.807) is 0 Å². The van der Waals surface area contributed by atoms with Crippen molar-refractivity contribution in [3.63, 3.8) is 0 Å². The van der Waals surface area contributed by atoms with Crippen LogP contribution in [-0.4, -0.2) is 96.7 Å². The summed E-state index contributed by atoms with van der Waals surface area (Å²) in [4.78, 5) is 56.3. The predicted octanol–water partition coefficient (Wildman–Crippen LogP) is -1.75. The number of anilines is 2. The Hall–Kier alpha value is -3.60. The largest absolute Gasteiger partial charge is 0.473 e. The molecule has 8 atom stereocenters. The lowest BCUT2D eigenvalue weighted by Gasteiger charge is -2.24. The summed E-state index contributed by atoms with van der Waals surface area (Å²) in [6, 6.07) is 0. The number of aliphatic hydroxyl groups excluding tert-OH is 2. The van der Waals surface area contributed by atoms with Crippen molar-refractivity contribution in [1.29, 1.82) is 0 Å². The second-order valence-corrected chi connectivity index (χ2v) is 14.0. The van der Waals surface area contributed by atoms with E-state index in [1.165, 1.54) is 17.2 Å². The lowest BCUT2D eigenvalue weighted by atomic mass is 10.1. The number of phosphoric ester groups is 1. The third-order valence-electron chi connectivity index (χ3n) is 7.00. The van der Waals surface area contributed by atoms with Crippen molar-refractivity contribution in [1.82, 2.24) is 39.0 Å². The molecule has 7 heterocycles. The number of nitrogen functional groups attached to an aromatic ring is 2. The monoisotopic (exact) mass is 688 g/mol. The topological polar surface area (TPSA) is 313 Å². The molecule has 0 aromatic carbocycles. The maximum atomic E-state index is 13.2. The number of phosphoric acid groups is 1. The molecule has 7 rings (SSSR count). The second-order valence-electron chi connectivity index (χ2n) is 9.82. The average molecular weight is 688 g/mol. The zero-order valence-electron chi connectivity index (χ0n) is 22.3. The number of hydrogen-bond acceptors (Lipinski definition) is 18. The normalized spacial score (nSPS) is 34.1. The SMILES string of the molecule is Nc1nc2c(ncn2[C@@H]2O[C@@H]3COP(O)(=S)OC4=C(COP(=O)(O)OC2C3O)O[C@@H](n2cnc3c(N)ncnc32)C4O)c(=O)[nH]1. The molecule has 3 aliphatic rings. The van der Waals surface area contributed by atoms with Crippen LogP contribution in [0.3, 0.4) is 0 Å². The van der Waals surface area contributed by atoms with Gasteiger partial charge in [-0.15, -0.1) is 0 Å². The molecule has 1 fully saturated rings. The zero-order chi connectivity index (χ0) is 31.8. The summed E-state index contributed by atoms with van der Waals surface area (Å²) in [6.07, 6.45) is -5.65. The van der Waals surface area contributed by atoms with Gasteiger partial charge in [-0.2, -0.15) is 4.98 Å². The van der Waals surface area contributed by atoms with Crippen molar-refractivity contribution < 1.29 is 52.1 Å². The quantitative estimate of drug-likeness (QED) is 0.115. The summed E-state index contributed by atoms with van der Waals surface area (Å²) in [5, 5.41) is 22.2. The van der Waals surface area contributed by atoms with Crippen LogP contribution in [0.5, 0.6) is 0 Å². The number of aliphatic hydroxyl groups is 2. The Kier molecular flexibility index (Phi) is 7.18. The highest BCUT2D eigenvalue weighted by Crippen LogP contribution is 2.54. The van der Waals surface area contributed by atoms with Crippen molar-refractivity contribution in [2.45, 2.75) is 36.9 Å². The molecule has 22 nitrogen and oxygen atoms in total. The summed E-state index contributed by atoms with van der Waals surface area (Å²) in [7, 11) is -5.10. The fraction of sp³-hybridized carbons (Fsp3) is 0.400. The number of hydrogen-bond donors (Lipinski definition) is 7. The lowest BCUT2D eigenvalue weighted by molar-refractivity contribution is -0.0497. The van der Waals surface area contributed by atoms with Crippen molar-refractivity contribution in [3.8, 4) is 0 Å². The van der Waals surface area contributed by atoms with E-state index in [0.717, 1.165) is 10.9 Å². The van der Waals surface area contributed by atoms with Crippen LogP contribution in [0.1, 0.15) is 12.5 Å². The van der Waals surface area contributed by atoms with E-state index in [-0.39, 0.29) is 39.9 Å². The van der Waals surface area contributed by atoms with Gasteiger partial charge in [0.05, 0.1) is 12.9 Å². The van der Waals surface area contributed by atoms with E-state index >= 15 is 0 Å². The summed E-state index contributed by atoms with van der Waals surface area (Å²) < 4.78 is 48.7. The fourth-order valence-corrected chi connectivity index (χ4v) is 7.15. The molecular formula is C20H22N10O12P2S. The van der Waals surface area contributed by atoms with Crippen molar-refractivity contribution in [2.24, 2.45) is 0 Å². The standard InChI is InChI=1S/C20H22N10O12P2S/c21-14-8-15(24-3-23-14)29(4-25-8)18-11(32)12-7(40-18)2-37-43(34,35)41-13-10(31)6(1-38-44(36,45)42-12)39-19(13)30-5-26-9-16(30)27-20(22)28-17(9)33/h3-6,10-11,13,18-19,31-32H,1-2H2,(H,34,35)(H,36,45)(H2,21,23,24)(H3,22,27,28,33)/t6-,10?,11?,13?,18-,19-,44?/m1/s1. The van der Waals surface area contributed by atoms with Gasteiger partial charge in [0.25, 0.3) is 5.56 Å². The molecule has 0 spiro atoms. The van der Waals surface area contributed by atoms with Gasteiger partial charge in [0.2, 0.25) is 12.2 Å². The maximum Gasteiger partial charge on any atom is 0.473 e. The molecule has 0 amide bonds. The summed E-state index contributed by atoms with van der Waals surface area (Å²) >= 11 is 5.14. The van der Waals surface area contributed by atoms with Gasteiger partial charge in [-0.3, -0.25) is 32.5 Å². The number of H-pyrrole nitrogens is 1. The van der Waals surface area contributed by atoms with Crippen LogP contribution < -0.4 is 17.0 Å². The molecule has 4 aromatic heterocycles. The highest BCUT2D eigenvalue weighted by molar-refractivity contribution is 8.07. The highest BCUT2D eigenvalue weighted by atomic mass is 32.5. The number of fused-ring (bicyclic) bond motifs is 4. The highest BCUT2D eigenvalue weighted by Gasteiger charge is 2.51. The minimum absolute atomic E-state index is 0.0541. The first-order chi connectivity index (χ1) is 21.3. The summed E-state index contributed by atoms with van der Waals surface area (Å²) in [6.45, 7) is -5.78. The molecule has 25 heteroatoms. The average Bonchev–Trinajstić information content (AvgIpc) is 3.72. The molecule has 45 heavy (non-hydrogen) atoms. The number of nitrogens with one attached hydrogen (secondary N) is 1. The molecule has 5 unspecified atom stereocenters. The minimum Gasteiger partial charge on any atom is -0.465 e. The molecule has 1 saturated heterocycles. The third kappa shape index (κ3) is 5.26. The number of rotatable bonds is 2. The van der Waals surface area contributed by atoms with Gasteiger partial charge in [-0.05, 0) is 0 Å². The number of nitrogens with two attached hydrogens (primary N) is 2. The Bertz CT molecular complexity index is 2020. The maximum absolute atomic E-state index is 13.2. The Morgan fingerprint density at radius 3 is 2.53 bits per heavy atom. The molecule has 0 radical (unpaired) electrons. The summed E-state index contributed by atoms with van der Waals surface area (Å²) in [5.74, 6) is -1.05. The van der Waals surface area contributed by atoms with Crippen molar-refractivity contribution >= 4 is 60.4 Å². The Labute approximate surface area is 254 Å². The molecule has 240 valence electrons. The van der Waals surface area contributed by atoms with Gasteiger partial charge in [0.1, 0.15) is 43.1 Å². The Balaban J connectivity index is 1.22. The number of aromatic nitrogens is 8. The molecule has 9 N–H and O–H groups in total. The van der Waals surface area contributed by atoms with Gasteiger partial charge in [-0.1, -0.05) is 0 Å². The van der Waals surface area contributed by atoms with E-state index in [9.17, 15) is 29.4 Å². The molecular weight excluding hydrogens is 666 g/mol. The van der Waals surface area contributed by atoms with Crippen LogP contribution in [0, 0.1) is 0 Å². The molecule has 0 aliphatic carbocycles. The lowest BCUT2D eigenvalue weighted by Crippen LogP contribution is -2.35. The smallest absolute Gasteiger partial charge is 0.465 e. The van der Waals surface area contributed by atoms with Crippen LogP contribution in [0.4, 0.5) is 11.8 Å². The van der Waals surface area contributed by atoms with E-state index in [2.05, 4.69) is 29.9 Å². The minimum atomic E-state index is -5.10. The zero-order valence-corrected chi connectivity index (χ0v) is 24.9. The second kappa shape index (κ2) is 10.7. The number of ether oxygens (including phenoxy) is 2. The first kappa shape index (κ1) is 30.1. The summed E-state index contributed by atoms with van der Waals surface area (Å²) in [5.41, 5.74) is 11.0. The Morgan fingerprint density at radius 2 is 1.76 bits per heavy atom.